The Kier molecular flexibility index (Phi) is 5.23. The second kappa shape index (κ2) is 7.55. The molecule has 1 aliphatic carbocycles. The highest BCUT2D eigenvalue weighted by Gasteiger charge is 2.21. The molecule has 1 saturated carbocycles. The zero-order valence-electron chi connectivity index (χ0n) is 13.2. The van der Waals surface area contributed by atoms with Crippen molar-refractivity contribution >= 4 is 22.4 Å². The fourth-order valence-electron chi connectivity index (χ4n) is 2.90. The van der Waals surface area contributed by atoms with Crippen LogP contribution in [0.15, 0.2) is 24.3 Å². The molecule has 0 aliphatic heterocycles. The van der Waals surface area contributed by atoms with Crippen LogP contribution in [-0.4, -0.2) is 22.7 Å². The predicted molar refractivity (Wildman–Crippen MR) is 91.3 cm³/mol. The Hall–Kier alpha value is -1.95. The minimum atomic E-state index is -0.208. The molecule has 6 heteroatoms. The molecule has 0 spiro atoms. The molecule has 2 aromatic rings. The Morgan fingerprint density at radius 2 is 2.04 bits per heavy atom. The van der Waals surface area contributed by atoms with Gasteiger partial charge >= 0.3 is 0 Å². The summed E-state index contributed by atoms with van der Waals surface area (Å²) >= 11 is 1.49. The monoisotopic (exact) mass is 331 g/mol. The van der Waals surface area contributed by atoms with Gasteiger partial charge in [0.05, 0.1) is 12.2 Å². The first-order valence-electron chi connectivity index (χ1n) is 8.14. The number of amides is 1. The van der Waals surface area contributed by atoms with E-state index in [0.29, 0.717) is 29.0 Å². The number of hydrogen-bond acceptors (Lipinski definition) is 5. The van der Waals surface area contributed by atoms with Gasteiger partial charge in [-0.2, -0.15) is 0 Å². The first-order valence-corrected chi connectivity index (χ1v) is 8.96. The van der Waals surface area contributed by atoms with Crippen molar-refractivity contribution in [2.24, 2.45) is 0 Å². The van der Waals surface area contributed by atoms with E-state index in [0.717, 1.165) is 5.01 Å². The van der Waals surface area contributed by atoms with Crippen molar-refractivity contribution in [3.8, 4) is 5.75 Å². The summed E-state index contributed by atoms with van der Waals surface area (Å²) in [4.78, 5) is 12.4. The van der Waals surface area contributed by atoms with Crippen LogP contribution in [0.25, 0.3) is 0 Å². The summed E-state index contributed by atoms with van der Waals surface area (Å²) in [7, 11) is 0. The summed E-state index contributed by atoms with van der Waals surface area (Å²) < 4.78 is 5.50. The Morgan fingerprint density at radius 1 is 1.26 bits per heavy atom. The minimum Gasteiger partial charge on any atom is -0.493 e. The maximum absolute atomic E-state index is 12.4. The molecule has 0 saturated heterocycles. The molecule has 1 aromatic heterocycles. The highest BCUT2D eigenvalue weighted by atomic mass is 32.1. The third kappa shape index (κ3) is 3.88. The molecule has 1 fully saturated rings. The average molecular weight is 331 g/mol. The van der Waals surface area contributed by atoms with Gasteiger partial charge in [-0.15, -0.1) is 10.2 Å². The first-order chi connectivity index (χ1) is 11.3. The van der Waals surface area contributed by atoms with Crippen LogP contribution in [0.5, 0.6) is 5.75 Å². The molecule has 0 radical (unpaired) electrons. The van der Waals surface area contributed by atoms with Crippen LogP contribution in [0.2, 0.25) is 0 Å². The molecule has 5 nitrogen and oxygen atoms in total. The molecule has 23 heavy (non-hydrogen) atoms. The molecular weight excluding hydrogens is 310 g/mol. The number of aromatic nitrogens is 2. The number of para-hydroxylation sites is 1. The predicted octanol–water partition coefficient (Wildman–Crippen LogP) is 4.24. The molecule has 1 amide bonds. The quantitative estimate of drug-likeness (QED) is 0.890. The molecule has 0 bridgehead atoms. The molecule has 1 aromatic carbocycles. The molecule has 122 valence electrons. The lowest BCUT2D eigenvalue weighted by atomic mass is 9.90. The highest BCUT2D eigenvalue weighted by Crippen LogP contribution is 2.35. The molecule has 1 heterocycles. The molecule has 1 N–H and O–H groups in total. The number of carbonyl (C=O) groups excluding carboxylic acids is 1. The van der Waals surface area contributed by atoms with Gasteiger partial charge < -0.3 is 4.74 Å². The fraction of sp³-hybridized carbons (Fsp3) is 0.471. The Morgan fingerprint density at radius 3 is 2.83 bits per heavy atom. The molecule has 0 unspecified atom stereocenters. The first kappa shape index (κ1) is 15.9. The van der Waals surface area contributed by atoms with Crippen LogP contribution in [0, 0.1) is 0 Å². The Balaban J connectivity index is 1.70. The van der Waals surface area contributed by atoms with E-state index in [1.807, 2.05) is 19.1 Å². The zero-order valence-corrected chi connectivity index (χ0v) is 14.1. The maximum atomic E-state index is 12.4. The lowest BCUT2D eigenvalue weighted by Crippen LogP contribution is -2.13. The fourth-order valence-corrected chi connectivity index (χ4v) is 3.81. The van der Waals surface area contributed by atoms with Crippen molar-refractivity contribution in [1.29, 1.82) is 0 Å². The standard InChI is InChI=1S/C17H21N3O2S/c1-2-22-14-11-7-6-10-13(14)15(21)18-17-20-19-16(23-17)12-8-4-3-5-9-12/h6-7,10-12H,2-5,8-9H2,1H3,(H,18,20,21). The molecule has 3 rings (SSSR count). The average Bonchev–Trinajstić information content (AvgIpc) is 3.05. The summed E-state index contributed by atoms with van der Waals surface area (Å²) in [5, 5.41) is 12.8. The van der Waals surface area contributed by atoms with Crippen molar-refractivity contribution in [3.05, 3.63) is 34.8 Å². The number of nitrogens with one attached hydrogen (secondary N) is 1. The van der Waals surface area contributed by atoms with Crippen molar-refractivity contribution in [2.75, 3.05) is 11.9 Å². The van der Waals surface area contributed by atoms with Crippen molar-refractivity contribution in [2.45, 2.75) is 44.9 Å². The number of nitrogens with zero attached hydrogens (tertiary/aromatic N) is 2. The minimum absolute atomic E-state index is 0.208. The number of hydrogen-bond donors (Lipinski definition) is 1. The summed E-state index contributed by atoms with van der Waals surface area (Å²) in [6.07, 6.45) is 6.18. The van der Waals surface area contributed by atoms with E-state index in [1.54, 1.807) is 12.1 Å². The van der Waals surface area contributed by atoms with Gasteiger partial charge in [0.15, 0.2) is 0 Å². The van der Waals surface area contributed by atoms with E-state index in [2.05, 4.69) is 15.5 Å². The summed E-state index contributed by atoms with van der Waals surface area (Å²) in [5.41, 5.74) is 0.517. The van der Waals surface area contributed by atoms with Gasteiger partial charge in [0.25, 0.3) is 5.91 Å². The van der Waals surface area contributed by atoms with E-state index in [1.165, 1.54) is 43.4 Å². The summed E-state index contributed by atoms with van der Waals surface area (Å²) in [6.45, 7) is 2.42. The SMILES string of the molecule is CCOc1ccccc1C(=O)Nc1nnc(C2CCCCC2)s1. The topological polar surface area (TPSA) is 64.1 Å². The van der Waals surface area contributed by atoms with Crippen LogP contribution in [0.3, 0.4) is 0 Å². The van der Waals surface area contributed by atoms with Crippen LogP contribution in [0.4, 0.5) is 5.13 Å². The van der Waals surface area contributed by atoms with Gasteiger partial charge in [0, 0.05) is 5.92 Å². The largest absolute Gasteiger partial charge is 0.493 e. The number of anilines is 1. The number of benzene rings is 1. The lowest BCUT2D eigenvalue weighted by Gasteiger charge is -2.18. The molecule has 1 aliphatic rings. The normalized spacial score (nSPS) is 15.3. The van der Waals surface area contributed by atoms with Crippen LogP contribution < -0.4 is 10.1 Å². The molecule has 0 atom stereocenters. The van der Waals surface area contributed by atoms with Crippen molar-refractivity contribution in [1.82, 2.24) is 10.2 Å². The van der Waals surface area contributed by atoms with E-state index in [-0.39, 0.29) is 5.91 Å². The highest BCUT2D eigenvalue weighted by molar-refractivity contribution is 7.15. The van der Waals surface area contributed by atoms with Crippen LogP contribution in [0.1, 0.15) is 60.3 Å². The Labute approximate surface area is 140 Å². The summed E-state index contributed by atoms with van der Waals surface area (Å²) in [6, 6.07) is 7.23. The van der Waals surface area contributed by atoms with E-state index in [9.17, 15) is 4.79 Å². The van der Waals surface area contributed by atoms with Crippen molar-refractivity contribution < 1.29 is 9.53 Å². The summed E-state index contributed by atoms with van der Waals surface area (Å²) in [5.74, 6) is 0.882. The van der Waals surface area contributed by atoms with Crippen LogP contribution >= 0.6 is 11.3 Å². The van der Waals surface area contributed by atoms with Gasteiger partial charge in [-0.25, -0.2) is 0 Å². The second-order valence-electron chi connectivity index (χ2n) is 5.66. The number of rotatable bonds is 5. The third-order valence-electron chi connectivity index (χ3n) is 4.05. The van der Waals surface area contributed by atoms with Gasteiger partial charge in [-0.3, -0.25) is 10.1 Å². The van der Waals surface area contributed by atoms with Gasteiger partial charge in [-0.05, 0) is 31.9 Å². The number of ether oxygens (including phenoxy) is 1. The maximum Gasteiger partial charge on any atom is 0.261 e. The lowest BCUT2D eigenvalue weighted by molar-refractivity contribution is 0.102. The Bertz CT molecular complexity index is 665. The van der Waals surface area contributed by atoms with Gasteiger partial charge in [-0.1, -0.05) is 42.7 Å². The van der Waals surface area contributed by atoms with Gasteiger partial charge in [0.1, 0.15) is 10.8 Å². The van der Waals surface area contributed by atoms with Gasteiger partial charge in [0.2, 0.25) is 5.13 Å². The van der Waals surface area contributed by atoms with E-state index >= 15 is 0 Å². The third-order valence-corrected chi connectivity index (χ3v) is 5.05. The van der Waals surface area contributed by atoms with Crippen LogP contribution in [-0.2, 0) is 0 Å². The molecular formula is C17H21N3O2S. The second-order valence-corrected chi connectivity index (χ2v) is 6.67. The smallest absolute Gasteiger partial charge is 0.261 e. The zero-order chi connectivity index (χ0) is 16.1. The van der Waals surface area contributed by atoms with E-state index in [4.69, 9.17) is 4.74 Å². The van der Waals surface area contributed by atoms with E-state index < -0.39 is 0 Å². The van der Waals surface area contributed by atoms with Crippen molar-refractivity contribution in [3.63, 3.8) is 0 Å². The number of carbonyl (C=O) groups is 1.